The summed E-state index contributed by atoms with van der Waals surface area (Å²) < 4.78 is 4.87. The van der Waals surface area contributed by atoms with Crippen LogP contribution in [0, 0.1) is 5.41 Å². The van der Waals surface area contributed by atoms with Crippen LogP contribution in [0.4, 0.5) is 0 Å². The Morgan fingerprint density at radius 3 is 2.42 bits per heavy atom. The highest BCUT2D eigenvalue weighted by molar-refractivity contribution is 5.92. The van der Waals surface area contributed by atoms with Gasteiger partial charge in [-0.1, -0.05) is 88.0 Å². The molecule has 0 aromatic heterocycles. The number of hydrogen-bond donors (Lipinski definition) is 0. The van der Waals surface area contributed by atoms with Gasteiger partial charge in [-0.05, 0) is 63.0 Å². The largest absolute Gasteiger partial charge is 0.390 e. The summed E-state index contributed by atoms with van der Waals surface area (Å²) in [6, 6.07) is 0. The van der Waals surface area contributed by atoms with Crippen LogP contribution < -0.4 is 0 Å². The van der Waals surface area contributed by atoms with E-state index in [9.17, 15) is 9.59 Å². The number of carbonyl (C=O) groups is 2. The molecule has 0 atom stereocenters. The van der Waals surface area contributed by atoms with Crippen molar-refractivity contribution in [3.05, 3.63) is 58.7 Å². The molecular weight excluding hydrogens is 384 g/mol. The number of esters is 2. The summed E-state index contributed by atoms with van der Waals surface area (Å²) in [5.41, 5.74) is 5.07. The number of ether oxygens (including phenoxy) is 1. The van der Waals surface area contributed by atoms with Gasteiger partial charge in [0.05, 0.1) is 0 Å². The average molecular weight is 427 g/mol. The quantitative estimate of drug-likeness (QED) is 0.111. The minimum absolute atomic E-state index is 0.238. The first-order valence-corrected chi connectivity index (χ1v) is 11.8. The first-order valence-electron chi connectivity index (χ1n) is 11.8. The number of rotatable bonds is 11. The summed E-state index contributed by atoms with van der Waals surface area (Å²) >= 11 is 0. The van der Waals surface area contributed by atoms with E-state index in [2.05, 4.69) is 46.8 Å². The lowest BCUT2D eigenvalue weighted by molar-refractivity contribution is -0.156. The molecule has 31 heavy (non-hydrogen) atoms. The van der Waals surface area contributed by atoms with E-state index >= 15 is 0 Å². The third-order valence-electron chi connectivity index (χ3n) is 5.82. The minimum atomic E-state index is -0.594. The Labute approximate surface area is 190 Å². The molecule has 0 amide bonds. The monoisotopic (exact) mass is 426 g/mol. The van der Waals surface area contributed by atoms with Gasteiger partial charge in [-0.2, -0.15) is 0 Å². The van der Waals surface area contributed by atoms with Gasteiger partial charge < -0.3 is 4.74 Å². The van der Waals surface area contributed by atoms with Gasteiger partial charge in [0.1, 0.15) is 0 Å². The predicted octanol–water partition coefficient (Wildman–Crippen LogP) is 7.95. The fraction of sp³-hybridized carbons (Fsp3) is 0.571. The van der Waals surface area contributed by atoms with Crippen molar-refractivity contribution in [2.45, 2.75) is 99.3 Å². The lowest BCUT2D eigenvalue weighted by Crippen LogP contribution is -2.19. The predicted molar refractivity (Wildman–Crippen MR) is 131 cm³/mol. The molecule has 1 aliphatic rings. The van der Waals surface area contributed by atoms with Gasteiger partial charge in [0.25, 0.3) is 0 Å². The highest BCUT2D eigenvalue weighted by Gasteiger charge is 2.26. The van der Waals surface area contributed by atoms with Gasteiger partial charge in [-0.15, -0.1) is 0 Å². The molecule has 0 heterocycles. The molecule has 3 heteroatoms. The first-order chi connectivity index (χ1) is 14.7. The van der Waals surface area contributed by atoms with Gasteiger partial charge in [-0.25, -0.2) is 4.79 Å². The van der Waals surface area contributed by atoms with Crippen LogP contribution in [0.25, 0.3) is 0 Å². The van der Waals surface area contributed by atoms with Crippen molar-refractivity contribution in [2.75, 3.05) is 0 Å². The Morgan fingerprint density at radius 2 is 1.74 bits per heavy atom. The third-order valence-corrected chi connectivity index (χ3v) is 5.82. The van der Waals surface area contributed by atoms with Crippen molar-refractivity contribution < 1.29 is 14.3 Å². The van der Waals surface area contributed by atoms with Crippen molar-refractivity contribution in [1.29, 1.82) is 0 Å². The van der Waals surface area contributed by atoms with E-state index in [0.29, 0.717) is 6.42 Å². The molecule has 0 saturated heterocycles. The third kappa shape index (κ3) is 11.1. The topological polar surface area (TPSA) is 43.4 Å². The molecule has 0 aromatic rings. The van der Waals surface area contributed by atoms with E-state index in [4.69, 9.17) is 4.74 Å². The van der Waals surface area contributed by atoms with E-state index in [1.54, 1.807) is 0 Å². The average Bonchev–Trinajstić information content (AvgIpc) is 2.66. The summed E-state index contributed by atoms with van der Waals surface area (Å²) in [5, 5.41) is 0. The van der Waals surface area contributed by atoms with Gasteiger partial charge in [-0.3, -0.25) is 4.79 Å². The summed E-state index contributed by atoms with van der Waals surface area (Å²) in [6.45, 7) is 12.9. The van der Waals surface area contributed by atoms with Crippen LogP contribution in [0.3, 0.4) is 0 Å². The van der Waals surface area contributed by atoms with E-state index < -0.39 is 11.9 Å². The Kier molecular flexibility index (Phi) is 12.1. The van der Waals surface area contributed by atoms with E-state index in [1.807, 2.05) is 25.2 Å². The summed E-state index contributed by atoms with van der Waals surface area (Å²) in [4.78, 5) is 23.6. The molecule has 1 aliphatic carbocycles. The van der Waals surface area contributed by atoms with Crippen LogP contribution in [-0.4, -0.2) is 11.9 Å². The second kappa shape index (κ2) is 14.0. The van der Waals surface area contributed by atoms with Gasteiger partial charge in [0, 0.05) is 12.5 Å². The molecule has 0 bridgehead atoms. The van der Waals surface area contributed by atoms with Crippen molar-refractivity contribution in [3.63, 3.8) is 0 Å². The fourth-order valence-corrected chi connectivity index (χ4v) is 3.93. The summed E-state index contributed by atoms with van der Waals surface area (Å²) in [6.07, 6.45) is 20.8. The molecule has 0 aliphatic heterocycles. The van der Waals surface area contributed by atoms with Crippen LogP contribution in [0.1, 0.15) is 99.3 Å². The standard InChI is InChI=1S/C28H42O3/c1-7-8-9-10-11-17-26(29)31-27(30)21-23(3)15-12-14-22(2)18-19-25-24(4)16-13-20-28(25,5)6/h12,14-15,18-19,21H,7-11,13,16-17,20H2,1-6H3/b15-12+,19-18+,22-14+,23-21+. The maximum absolute atomic E-state index is 11.9. The molecule has 172 valence electrons. The summed E-state index contributed by atoms with van der Waals surface area (Å²) in [5.74, 6) is -1.03. The highest BCUT2D eigenvalue weighted by Crippen LogP contribution is 2.40. The molecule has 0 aromatic carbocycles. The number of hydrogen-bond acceptors (Lipinski definition) is 3. The highest BCUT2D eigenvalue weighted by atomic mass is 16.6. The Morgan fingerprint density at radius 1 is 1.03 bits per heavy atom. The second-order valence-corrected chi connectivity index (χ2v) is 9.38. The van der Waals surface area contributed by atoms with E-state index in [1.165, 1.54) is 49.3 Å². The smallest absolute Gasteiger partial charge is 0.338 e. The zero-order valence-corrected chi connectivity index (χ0v) is 20.6. The normalized spacial score (nSPS) is 17.6. The van der Waals surface area contributed by atoms with E-state index in [0.717, 1.165) is 30.4 Å². The van der Waals surface area contributed by atoms with Crippen LogP contribution in [0.5, 0.6) is 0 Å². The molecule has 0 radical (unpaired) electrons. The van der Waals surface area contributed by atoms with E-state index in [-0.39, 0.29) is 5.41 Å². The fourth-order valence-electron chi connectivity index (χ4n) is 3.93. The maximum Gasteiger partial charge on any atom is 0.338 e. The molecule has 0 spiro atoms. The minimum Gasteiger partial charge on any atom is -0.390 e. The lowest BCUT2D eigenvalue weighted by Gasteiger charge is -2.32. The molecule has 0 unspecified atom stereocenters. The molecule has 3 nitrogen and oxygen atoms in total. The van der Waals surface area contributed by atoms with Crippen molar-refractivity contribution in [2.24, 2.45) is 5.41 Å². The molecule has 0 saturated carbocycles. The SMILES string of the molecule is CCCCCCCC(=O)OC(=O)/C=C(C)/C=C/C=C(C)/C=C/C1=C(C)CCCC1(C)C. The molecule has 0 N–H and O–H groups in total. The second-order valence-electron chi connectivity index (χ2n) is 9.38. The lowest BCUT2D eigenvalue weighted by atomic mass is 9.72. The van der Waals surface area contributed by atoms with Crippen LogP contribution in [0.2, 0.25) is 0 Å². The Hall–Kier alpha value is -2.16. The first kappa shape index (κ1) is 26.9. The molecular formula is C28H42O3. The van der Waals surface area contributed by atoms with Gasteiger partial charge in [0.2, 0.25) is 0 Å². The van der Waals surface area contributed by atoms with Crippen molar-refractivity contribution in [1.82, 2.24) is 0 Å². The van der Waals surface area contributed by atoms with Crippen LogP contribution >= 0.6 is 0 Å². The molecule has 1 rings (SSSR count). The number of carbonyl (C=O) groups excluding carboxylic acids is 2. The molecule has 0 fully saturated rings. The van der Waals surface area contributed by atoms with Gasteiger partial charge in [0.15, 0.2) is 0 Å². The summed E-state index contributed by atoms with van der Waals surface area (Å²) in [7, 11) is 0. The van der Waals surface area contributed by atoms with Crippen molar-refractivity contribution >= 4 is 11.9 Å². The van der Waals surface area contributed by atoms with Crippen LogP contribution in [-0.2, 0) is 14.3 Å². The zero-order chi connectivity index (χ0) is 23.3. The number of unbranched alkanes of at least 4 members (excludes halogenated alkanes) is 4. The van der Waals surface area contributed by atoms with Crippen molar-refractivity contribution in [3.8, 4) is 0 Å². The Bertz CT molecular complexity index is 757. The van der Waals surface area contributed by atoms with Gasteiger partial charge >= 0.3 is 11.9 Å². The maximum atomic E-state index is 11.9. The number of allylic oxidation sites excluding steroid dienone is 9. The zero-order valence-electron chi connectivity index (χ0n) is 20.6. The van der Waals surface area contributed by atoms with Crippen LogP contribution in [0.15, 0.2) is 58.7 Å². The Balaban J connectivity index is 2.52.